The van der Waals surface area contributed by atoms with Gasteiger partial charge in [0, 0.05) is 30.3 Å². The third kappa shape index (κ3) is 4.40. The van der Waals surface area contributed by atoms with E-state index in [0.29, 0.717) is 5.56 Å². The Labute approximate surface area is 190 Å². The summed E-state index contributed by atoms with van der Waals surface area (Å²) in [5, 5.41) is 3.84. The highest BCUT2D eigenvalue weighted by molar-refractivity contribution is 6.31. The van der Waals surface area contributed by atoms with Gasteiger partial charge >= 0.3 is 6.18 Å². The number of halogens is 4. The Hall–Kier alpha value is -3.47. The molecule has 1 saturated heterocycles. The molecule has 12 heteroatoms. The molecule has 4 amide bonds. The van der Waals surface area contributed by atoms with Crippen LogP contribution in [-0.2, 0) is 16.1 Å². The van der Waals surface area contributed by atoms with Gasteiger partial charge in [0.05, 0.1) is 10.7 Å². The lowest BCUT2D eigenvalue weighted by atomic mass is 10.0. The molecule has 4 rings (SSSR count). The van der Waals surface area contributed by atoms with Crippen LogP contribution in [0.3, 0.4) is 0 Å². The van der Waals surface area contributed by atoms with Gasteiger partial charge in [0.15, 0.2) is 6.04 Å². The molecule has 1 aromatic carbocycles. The number of amides is 4. The van der Waals surface area contributed by atoms with Crippen molar-refractivity contribution in [3.05, 3.63) is 63.9 Å². The van der Waals surface area contributed by atoms with Crippen molar-refractivity contribution in [2.24, 2.45) is 0 Å². The van der Waals surface area contributed by atoms with E-state index in [0.717, 1.165) is 6.20 Å². The molecule has 2 aliphatic heterocycles. The maximum atomic E-state index is 13.6. The van der Waals surface area contributed by atoms with E-state index in [4.69, 9.17) is 11.6 Å². The summed E-state index contributed by atoms with van der Waals surface area (Å²) in [5.74, 6) is -2.51. The molecule has 0 spiro atoms. The number of fused-ring (bicyclic) bond motifs is 1. The van der Waals surface area contributed by atoms with Gasteiger partial charge in [-0.2, -0.15) is 13.2 Å². The molecule has 3 heterocycles. The molecule has 0 radical (unpaired) electrons. The van der Waals surface area contributed by atoms with E-state index in [1.165, 1.54) is 35.2 Å². The van der Waals surface area contributed by atoms with Gasteiger partial charge in [-0.25, -0.2) is 0 Å². The number of carbonyl (C=O) groups is 4. The van der Waals surface area contributed by atoms with Crippen molar-refractivity contribution < 1.29 is 32.3 Å². The Balaban J connectivity index is 1.56. The highest BCUT2D eigenvalue weighted by atomic mass is 35.5. The normalized spacial score (nSPS) is 19.2. The van der Waals surface area contributed by atoms with Gasteiger partial charge < -0.3 is 10.2 Å². The first-order chi connectivity index (χ1) is 15.6. The largest absolute Gasteiger partial charge is 0.414 e. The van der Waals surface area contributed by atoms with Gasteiger partial charge in [0.25, 0.3) is 11.8 Å². The van der Waals surface area contributed by atoms with Crippen LogP contribution in [0, 0.1) is 0 Å². The second-order valence-corrected chi connectivity index (χ2v) is 8.00. The number of alkyl halides is 3. The average Bonchev–Trinajstić information content (AvgIpc) is 3.07. The molecule has 8 nitrogen and oxygen atoms in total. The van der Waals surface area contributed by atoms with Crippen LogP contribution < -0.4 is 10.6 Å². The van der Waals surface area contributed by atoms with Crippen LogP contribution in [0.1, 0.15) is 50.9 Å². The van der Waals surface area contributed by atoms with Crippen LogP contribution in [0.4, 0.5) is 13.2 Å². The number of nitrogens with one attached hydrogen (secondary N) is 2. The van der Waals surface area contributed by atoms with E-state index >= 15 is 0 Å². The van der Waals surface area contributed by atoms with Crippen LogP contribution in [0.5, 0.6) is 0 Å². The van der Waals surface area contributed by atoms with Gasteiger partial charge in [-0.1, -0.05) is 11.6 Å². The molecule has 33 heavy (non-hydrogen) atoms. The van der Waals surface area contributed by atoms with E-state index < -0.39 is 47.6 Å². The van der Waals surface area contributed by atoms with Crippen molar-refractivity contribution in [2.75, 3.05) is 0 Å². The first-order valence-corrected chi connectivity index (χ1v) is 10.2. The zero-order valence-electron chi connectivity index (χ0n) is 16.8. The maximum absolute atomic E-state index is 13.6. The smallest absolute Gasteiger partial charge is 0.335 e. The number of aromatic nitrogens is 1. The number of rotatable bonds is 4. The molecule has 172 valence electrons. The summed E-state index contributed by atoms with van der Waals surface area (Å²) in [7, 11) is 0. The number of nitrogens with zero attached hydrogens (tertiary/aromatic N) is 2. The maximum Gasteiger partial charge on any atom is 0.414 e. The van der Waals surface area contributed by atoms with E-state index in [2.05, 4.69) is 10.3 Å². The Morgan fingerprint density at radius 3 is 2.67 bits per heavy atom. The molecule has 0 unspecified atom stereocenters. The van der Waals surface area contributed by atoms with Gasteiger partial charge in [0.1, 0.15) is 6.04 Å². The Bertz CT molecular complexity index is 1170. The SMILES string of the molecule is O=C1CC[C@H](N2Cc3cc(C(=O)N[C@H](c4ncccc4Cl)C(F)(F)F)ccc3C2=O)C(=O)N1. The van der Waals surface area contributed by atoms with E-state index in [1.807, 2.05) is 5.32 Å². The Morgan fingerprint density at radius 2 is 2.00 bits per heavy atom. The van der Waals surface area contributed by atoms with Gasteiger partial charge in [0.2, 0.25) is 11.8 Å². The Kier molecular flexibility index (Phi) is 5.83. The number of benzene rings is 1. The average molecular weight is 481 g/mol. The number of piperidine rings is 1. The molecule has 2 aliphatic rings. The predicted molar refractivity (Wildman–Crippen MR) is 108 cm³/mol. The Morgan fingerprint density at radius 1 is 1.24 bits per heavy atom. The second-order valence-electron chi connectivity index (χ2n) is 7.59. The fourth-order valence-corrected chi connectivity index (χ4v) is 4.08. The van der Waals surface area contributed by atoms with Crippen LogP contribution in [0.25, 0.3) is 0 Å². The summed E-state index contributed by atoms with van der Waals surface area (Å²) in [6.45, 7) is -0.0175. The summed E-state index contributed by atoms with van der Waals surface area (Å²) in [4.78, 5) is 53.8. The molecule has 0 aliphatic carbocycles. The van der Waals surface area contributed by atoms with Gasteiger partial charge in [-0.3, -0.25) is 29.5 Å². The van der Waals surface area contributed by atoms with E-state index in [1.54, 1.807) is 0 Å². The fraction of sp³-hybridized carbons (Fsp3) is 0.286. The lowest BCUT2D eigenvalue weighted by molar-refractivity contribution is -0.156. The molecule has 2 N–H and O–H groups in total. The molecule has 0 bridgehead atoms. The summed E-state index contributed by atoms with van der Waals surface area (Å²) in [5.41, 5.74) is -0.0264. The molecule has 1 fully saturated rings. The standard InChI is InChI=1S/C21H16ClF3N4O4/c22-13-2-1-7-26-16(13)17(21(23,24)25)28-18(31)10-3-4-12-11(8-10)9-29(20(12)33)14-5-6-15(30)27-19(14)32/h1-4,7-8,14,17H,5-6,9H2,(H,28,31)(H,27,30,32)/t14-,17+/m0/s1. The third-order valence-electron chi connectivity index (χ3n) is 5.45. The van der Waals surface area contributed by atoms with Crippen molar-refractivity contribution in [3.8, 4) is 0 Å². The lowest BCUT2D eigenvalue weighted by Crippen LogP contribution is -2.52. The lowest BCUT2D eigenvalue weighted by Gasteiger charge is -2.29. The molecule has 0 saturated carbocycles. The van der Waals surface area contributed by atoms with Crippen LogP contribution in [-0.4, -0.2) is 45.7 Å². The van der Waals surface area contributed by atoms with E-state index in [-0.39, 0.29) is 35.5 Å². The summed E-state index contributed by atoms with van der Waals surface area (Å²) >= 11 is 5.85. The summed E-state index contributed by atoms with van der Waals surface area (Å²) < 4.78 is 40.9. The van der Waals surface area contributed by atoms with Gasteiger partial charge in [-0.05, 0) is 42.3 Å². The minimum atomic E-state index is -4.86. The number of hydrogen-bond acceptors (Lipinski definition) is 5. The molecular formula is C21H16ClF3N4O4. The molecule has 1 aromatic heterocycles. The second kappa shape index (κ2) is 8.47. The van der Waals surface area contributed by atoms with Crippen LogP contribution in [0.2, 0.25) is 5.02 Å². The number of pyridine rings is 1. The van der Waals surface area contributed by atoms with Crippen molar-refractivity contribution in [3.63, 3.8) is 0 Å². The zero-order chi connectivity index (χ0) is 23.9. The van der Waals surface area contributed by atoms with Crippen LogP contribution in [0.15, 0.2) is 36.5 Å². The summed E-state index contributed by atoms with van der Waals surface area (Å²) in [6, 6.07) is 3.19. The molecular weight excluding hydrogens is 465 g/mol. The summed E-state index contributed by atoms with van der Waals surface area (Å²) in [6.07, 6.45) is -3.48. The minimum Gasteiger partial charge on any atom is -0.335 e. The van der Waals surface area contributed by atoms with Crippen molar-refractivity contribution in [1.29, 1.82) is 0 Å². The third-order valence-corrected chi connectivity index (χ3v) is 5.77. The highest BCUT2D eigenvalue weighted by Crippen LogP contribution is 2.35. The number of carbonyl (C=O) groups excluding carboxylic acids is 4. The monoisotopic (exact) mass is 480 g/mol. The van der Waals surface area contributed by atoms with Crippen molar-refractivity contribution >= 4 is 35.2 Å². The molecule has 2 atom stereocenters. The number of imide groups is 1. The predicted octanol–water partition coefficient (Wildman–Crippen LogP) is 2.53. The van der Waals surface area contributed by atoms with Crippen LogP contribution >= 0.6 is 11.6 Å². The number of hydrogen-bond donors (Lipinski definition) is 2. The first-order valence-electron chi connectivity index (χ1n) is 9.82. The minimum absolute atomic E-state index is 0.0175. The zero-order valence-corrected chi connectivity index (χ0v) is 17.5. The highest BCUT2D eigenvalue weighted by Gasteiger charge is 2.44. The van der Waals surface area contributed by atoms with E-state index in [9.17, 15) is 32.3 Å². The first kappa shape index (κ1) is 22.7. The van der Waals surface area contributed by atoms with Crippen molar-refractivity contribution in [1.82, 2.24) is 20.5 Å². The van der Waals surface area contributed by atoms with Crippen molar-refractivity contribution in [2.45, 2.75) is 37.6 Å². The van der Waals surface area contributed by atoms with Gasteiger partial charge in [-0.15, -0.1) is 0 Å². The molecule has 2 aromatic rings. The fourth-order valence-electron chi connectivity index (χ4n) is 3.85. The quantitative estimate of drug-likeness (QED) is 0.654. The topological polar surface area (TPSA) is 108 Å².